The molecule has 0 saturated heterocycles. The van der Waals surface area contributed by atoms with Crippen LogP contribution >= 0.6 is 22.9 Å². The van der Waals surface area contributed by atoms with Crippen LogP contribution in [0.1, 0.15) is 29.3 Å². The summed E-state index contributed by atoms with van der Waals surface area (Å²) in [5.74, 6) is -0.181. The maximum atomic E-state index is 13.0. The minimum Gasteiger partial charge on any atom is -0.308 e. The Morgan fingerprint density at radius 1 is 1.21 bits per heavy atom. The first-order valence-electron chi connectivity index (χ1n) is 8.95. The van der Waals surface area contributed by atoms with Crippen LogP contribution in [0.3, 0.4) is 0 Å². The molecule has 1 aliphatic rings. The molecular formula is C21H18ClN3O2S. The summed E-state index contributed by atoms with van der Waals surface area (Å²) >= 11 is 7.44. The van der Waals surface area contributed by atoms with E-state index in [1.54, 1.807) is 24.3 Å². The van der Waals surface area contributed by atoms with Crippen molar-refractivity contribution in [1.29, 1.82) is 0 Å². The van der Waals surface area contributed by atoms with Crippen LogP contribution in [0.4, 0.5) is 10.8 Å². The first-order valence-corrected chi connectivity index (χ1v) is 10.2. The summed E-state index contributed by atoms with van der Waals surface area (Å²) in [4.78, 5) is 30.5. The molecule has 3 aromatic rings. The number of nitrogens with one attached hydrogen (secondary N) is 1. The van der Waals surface area contributed by atoms with Gasteiger partial charge in [-0.05, 0) is 48.7 Å². The molecular weight excluding hydrogens is 394 g/mol. The number of amides is 2. The Labute approximate surface area is 172 Å². The molecule has 0 radical (unpaired) electrons. The lowest BCUT2D eigenvalue weighted by Gasteiger charge is -2.30. The largest absolute Gasteiger partial charge is 0.308 e. The van der Waals surface area contributed by atoms with Gasteiger partial charge in [0.2, 0.25) is 5.91 Å². The zero-order chi connectivity index (χ0) is 19.7. The lowest BCUT2D eigenvalue weighted by molar-refractivity contribution is -0.114. The minimum absolute atomic E-state index is 0.0437. The molecule has 0 atom stereocenters. The monoisotopic (exact) mass is 411 g/mol. The van der Waals surface area contributed by atoms with Gasteiger partial charge in [0.25, 0.3) is 5.91 Å². The average molecular weight is 412 g/mol. The van der Waals surface area contributed by atoms with E-state index in [-0.39, 0.29) is 11.8 Å². The molecule has 1 N–H and O–H groups in total. The van der Waals surface area contributed by atoms with Crippen molar-refractivity contribution < 1.29 is 9.59 Å². The van der Waals surface area contributed by atoms with Gasteiger partial charge in [-0.2, -0.15) is 0 Å². The second-order valence-corrected chi connectivity index (χ2v) is 7.93. The summed E-state index contributed by atoms with van der Waals surface area (Å²) in [6, 6.07) is 13.1. The molecule has 0 bridgehead atoms. The highest BCUT2D eigenvalue weighted by molar-refractivity contribution is 7.14. The van der Waals surface area contributed by atoms with Crippen molar-refractivity contribution in [2.45, 2.75) is 19.8 Å². The molecule has 2 aromatic carbocycles. The molecule has 0 fully saturated rings. The molecule has 5 nitrogen and oxygen atoms in total. The van der Waals surface area contributed by atoms with E-state index in [1.807, 2.05) is 22.4 Å². The lowest BCUT2D eigenvalue weighted by atomic mass is 9.97. The van der Waals surface area contributed by atoms with Gasteiger partial charge >= 0.3 is 0 Å². The van der Waals surface area contributed by atoms with Crippen molar-refractivity contribution >= 4 is 45.6 Å². The molecule has 4 rings (SSSR count). The topological polar surface area (TPSA) is 62.3 Å². The number of aromatic nitrogens is 1. The van der Waals surface area contributed by atoms with E-state index in [9.17, 15) is 9.59 Å². The maximum Gasteiger partial charge on any atom is 0.258 e. The summed E-state index contributed by atoms with van der Waals surface area (Å²) in [6.45, 7) is 2.15. The predicted molar refractivity (Wildman–Crippen MR) is 113 cm³/mol. The van der Waals surface area contributed by atoms with Crippen LogP contribution in [0, 0.1) is 0 Å². The quantitative estimate of drug-likeness (QED) is 0.658. The van der Waals surface area contributed by atoms with Crippen LogP contribution in [0.2, 0.25) is 5.02 Å². The SMILES string of the molecule is CC(=O)Nc1nc(-c2ccc3c(c2)CCCN3C(=O)c2cccc(Cl)c2)cs1. The number of nitrogens with zero attached hydrogens (tertiary/aromatic N) is 2. The van der Waals surface area contributed by atoms with E-state index < -0.39 is 0 Å². The molecule has 1 aromatic heterocycles. The normalized spacial score (nSPS) is 13.1. The van der Waals surface area contributed by atoms with Gasteiger partial charge in [-0.1, -0.05) is 23.7 Å². The number of hydrogen-bond acceptors (Lipinski definition) is 4. The van der Waals surface area contributed by atoms with Gasteiger partial charge in [-0.3, -0.25) is 9.59 Å². The van der Waals surface area contributed by atoms with Gasteiger partial charge in [-0.15, -0.1) is 11.3 Å². The fraction of sp³-hybridized carbons (Fsp3) is 0.190. The summed E-state index contributed by atoms with van der Waals surface area (Å²) in [5.41, 5.74) is 4.42. The summed E-state index contributed by atoms with van der Waals surface area (Å²) in [5, 5.41) is 5.76. The van der Waals surface area contributed by atoms with E-state index in [2.05, 4.69) is 16.4 Å². The smallest absolute Gasteiger partial charge is 0.258 e. The minimum atomic E-state index is -0.137. The molecule has 142 valence electrons. The van der Waals surface area contributed by atoms with Crippen molar-refractivity contribution in [2.75, 3.05) is 16.8 Å². The van der Waals surface area contributed by atoms with Crippen LogP contribution in [0.25, 0.3) is 11.3 Å². The highest BCUT2D eigenvalue weighted by Crippen LogP contribution is 2.33. The lowest BCUT2D eigenvalue weighted by Crippen LogP contribution is -2.35. The fourth-order valence-corrected chi connectivity index (χ4v) is 4.32. The Hall–Kier alpha value is -2.70. The van der Waals surface area contributed by atoms with Crippen LogP contribution in [0.5, 0.6) is 0 Å². The van der Waals surface area contributed by atoms with E-state index in [4.69, 9.17) is 11.6 Å². The molecule has 1 aliphatic heterocycles. The molecule has 0 unspecified atom stereocenters. The van der Waals surface area contributed by atoms with Gasteiger partial charge in [0.05, 0.1) is 5.69 Å². The summed E-state index contributed by atoms with van der Waals surface area (Å²) in [7, 11) is 0. The first kappa shape index (κ1) is 18.7. The Kier molecular flexibility index (Phi) is 5.15. The van der Waals surface area contributed by atoms with Crippen molar-refractivity contribution in [3.63, 3.8) is 0 Å². The number of hydrogen-bond donors (Lipinski definition) is 1. The third-order valence-electron chi connectivity index (χ3n) is 4.60. The van der Waals surface area contributed by atoms with Crippen LogP contribution in [0.15, 0.2) is 47.8 Å². The molecule has 2 heterocycles. The second kappa shape index (κ2) is 7.73. The van der Waals surface area contributed by atoms with Gasteiger partial charge < -0.3 is 10.2 Å². The van der Waals surface area contributed by atoms with E-state index in [0.29, 0.717) is 22.3 Å². The molecule has 28 heavy (non-hydrogen) atoms. The van der Waals surface area contributed by atoms with Gasteiger partial charge in [0, 0.05) is 40.7 Å². The standard InChI is InChI=1S/C21H18ClN3O2S/c1-13(26)23-21-24-18(12-28-21)14-7-8-19-15(10-14)5-3-9-25(19)20(27)16-4-2-6-17(22)11-16/h2,4,6-8,10-12H,3,5,9H2,1H3,(H,23,24,26). The second-order valence-electron chi connectivity index (χ2n) is 6.63. The Balaban J connectivity index is 1.63. The third-order valence-corrected chi connectivity index (χ3v) is 5.59. The molecule has 0 spiro atoms. The van der Waals surface area contributed by atoms with E-state index >= 15 is 0 Å². The molecule has 7 heteroatoms. The van der Waals surface area contributed by atoms with Gasteiger partial charge in [-0.25, -0.2) is 4.98 Å². The van der Waals surface area contributed by atoms with Crippen molar-refractivity contribution in [2.24, 2.45) is 0 Å². The number of thiazole rings is 1. The molecule has 0 saturated carbocycles. The average Bonchev–Trinajstić information content (AvgIpc) is 3.14. The summed E-state index contributed by atoms with van der Waals surface area (Å²) in [6.07, 6.45) is 1.81. The van der Waals surface area contributed by atoms with Crippen molar-refractivity contribution in [1.82, 2.24) is 4.98 Å². The highest BCUT2D eigenvalue weighted by Gasteiger charge is 2.24. The fourth-order valence-electron chi connectivity index (χ4n) is 3.36. The number of carbonyl (C=O) groups is 2. The molecule has 0 aliphatic carbocycles. The highest BCUT2D eigenvalue weighted by atomic mass is 35.5. The van der Waals surface area contributed by atoms with Crippen LogP contribution in [-0.4, -0.2) is 23.3 Å². The zero-order valence-corrected chi connectivity index (χ0v) is 16.8. The number of anilines is 2. The van der Waals surface area contributed by atoms with E-state index in [1.165, 1.54) is 18.3 Å². The number of benzene rings is 2. The number of rotatable bonds is 3. The summed E-state index contributed by atoms with van der Waals surface area (Å²) < 4.78 is 0. The third kappa shape index (κ3) is 3.79. The van der Waals surface area contributed by atoms with E-state index in [0.717, 1.165) is 35.3 Å². The number of aryl methyl sites for hydroxylation is 1. The Morgan fingerprint density at radius 2 is 2.07 bits per heavy atom. The number of halogens is 1. The number of carbonyl (C=O) groups excluding carboxylic acids is 2. The first-order chi connectivity index (χ1) is 13.5. The van der Waals surface area contributed by atoms with Crippen LogP contribution in [-0.2, 0) is 11.2 Å². The Bertz CT molecular complexity index is 1060. The maximum absolute atomic E-state index is 13.0. The zero-order valence-electron chi connectivity index (χ0n) is 15.2. The van der Waals surface area contributed by atoms with Crippen molar-refractivity contribution in [3.8, 4) is 11.3 Å². The molecule has 2 amide bonds. The predicted octanol–water partition coefficient (Wildman–Crippen LogP) is 5.01. The van der Waals surface area contributed by atoms with Gasteiger partial charge in [0.1, 0.15) is 0 Å². The Morgan fingerprint density at radius 3 is 2.86 bits per heavy atom. The van der Waals surface area contributed by atoms with Gasteiger partial charge in [0.15, 0.2) is 5.13 Å². The number of fused-ring (bicyclic) bond motifs is 1. The van der Waals surface area contributed by atoms with Crippen LogP contribution < -0.4 is 10.2 Å². The van der Waals surface area contributed by atoms with Crippen molar-refractivity contribution in [3.05, 3.63) is 64.0 Å².